The van der Waals surface area contributed by atoms with Crippen molar-refractivity contribution in [1.29, 1.82) is 0 Å². The average molecular weight is 642 g/mol. The van der Waals surface area contributed by atoms with E-state index in [0.717, 1.165) is 50.1 Å². The number of hydrogen-bond acceptors (Lipinski definition) is 5. The zero-order valence-electron chi connectivity index (χ0n) is 21.1. The number of carbonyl (C=O) groups excluding carboxylic acids is 1. The molecule has 2 unspecified atom stereocenters. The fraction of sp³-hybridized carbons (Fsp3) is 0.296. The number of hydrogen-bond donors (Lipinski definition) is 1. The van der Waals surface area contributed by atoms with E-state index in [-0.39, 0.29) is 20.7 Å². The van der Waals surface area contributed by atoms with Crippen LogP contribution in [0.15, 0.2) is 77.7 Å². The molecule has 1 saturated heterocycles. The minimum absolute atomic E-state index is 0.0461. The molecule has 3 aromatic carbocycles. The van der Waals surface area contributed by atoms with Crippen LogP contribution in [0, 0.1) is 0 Å². The summed E-state index contributed by atoms with van der Waals surface area (Å²) in [6.45, 7) is 3.37. The Morgan fingerprint density at radius 2 is 1.67 bits per heavy atom. The van der Waals surface area contributed by atoms with Gasteiger partial charge in [-0.3, -0.25) is 0 Å². The third kappa shape index (κ3) is 6.80. The normalized spacial score (nSPS) is 16.6. The van der Waals surface area contributed by atoms with Crippen molar-refractivity contribution in [3.63, 3.8) is 0 Å². The minimum atomic E-state index is -4.73. The fourth-order valence-corrected chi connectivity index (χ4v) is 17.5. The summed E-state index contributed by atoms with van der Waals surface area (Å²) in [5.74, 6) is -0.895. The third-order valence-corrected chi connectivity index (χ3v) is 19.4. The van der Waals surface area contributed by atoms with Gasteiger partial charge < -0.3 is 0 Å². The van der Waals surface area contributed by atoms with E-state index in [1.165, 1.54) is 24.3 Å². The average Bonchev–Trinajstić information content (AvgIpc) is 2.89. The van der Waals surface area contributed by atoms with Crippen molar-refractivity contribution in [3.05, 3.63) is 88.9 Å². The summed E-state index contributed by atoms with van der Waals surface area (Å²) in [5, 5.41) is -0.139. The van der Waals surface area contributed by atoms with E-state index in [1.54, 1.807) is 12.1 Å². The molecule has 0 radical (unpaired) electrons. The van der Waals surface area contributed by atoms with Gasteiger partial charge in [-0.2, -0.15) is 0 Å². The number of rotatable bonds is 8. The molecule has 2 atom stereocenters. The van der Waals surface area contributed by atoms with E-state index in [2.05, 4.69) is 9.80 Å². The van der Waals surface area contributed by atoms with Gasteiger partial charge in [0.2, 0.25) is 0 Å². The number of nitrogens with two attached hydrogens (primary N) is 1. The van der Waals surface area contributed by atoms with Crippen molar-refractivity contribution in [3.8, 4) is 0 Å². The van der Waals surface area contributed by atoms with Crippen LogP contribution >= 0.6 is 11.6 Å². The van der Waals surface area contributed by atoms with Gasteiger partial charge in [0.15, 0.2) is 0 Å². The summed E-state index contributed by atoms with van der Waals surface area (Å²) in [4.78, 5) is 17.3. The van der Waals surface area contributed by atoms with Crippen LogP contribution in [-0.4, -0.2) is 65.9 Å². The van der Waals surface area contributed by atoms with E-state index in [4.69, 9.17) is 17.3 Å². The standard InChI is InChI=1S/C27H28AsClF3N3O3S/c1-34-12-14-35(15-13-34)21-7-5-6-19(16-21)17-24(26(33)36)28(39(37,38)22-8-3-2-4-9-22)23-18-20(27(30,31)32)10-11-25(23)29/h2-11,16,18,24H,12-15,17H2,1H3,(H2,33,36). The van der Waals surface area contributed by atoms with Gasteiger partial charge in [0, 0.05) is 0 Å². The van der Waals surface area contributed by atoms with E-state index in [9.17, 15) is 26.4 Å². The number of halogens is 4. The molecule has 12 heteroatoms. The topological polar surface area (TPSA) is 83.7 Å². The molecule has 0 aliphatic carbocycles. The number of likely N-dealkylation sites (N-methyl/N-ethyl adjacent to an activating group) is 1. The van der Waals surface area contributed by atoms with Gasteiger partial charge in [0.25, 0.3) is 0 Å². The number of primary amides is 1. The van der Waals surface area contributed by atoms with Crippen LogP contribution in [0.5, 0.6) is 0 Å². The first-order chi connectivity index (χ1) is 18.4. The van der Waals surface area contributed by atoms with Crippen molar-refractivity contribution in [2.24, 2.45) is 5.73 Å². The number of benzene rings is 3. The van der Waals surface area contributed by atoms with Crippen LogP contribution in [0.4, 0.5) is 18.9 Å². The predicted octanol–water partition coefficient (Wildman–Crippen LogP) is 3.88. The molecule has 39 heavy (non-hydrogen) atoms. The van der Waals surface area contributed by atoms with Gasteiger partial charge >= 0.3 is 235 Å². The second-order valence-electron chi connectivity index (χ2n) is 9.36. The summed E-state index contributed by atoms with van der Waals surface area (Å²) in [6, 6.07) is 17.4. The first-order valence-corrected chi connectivity index (χ1v) is 18.3. The molecular weight excluding hydrogens is 614 g/mol. The molecule has 1 fully saturated rings. The zero-order chi connectivity index (χ0) is 28.4. The molecule has 0 bridgehead atoms. The Balaban J connectivity index is 1.81. The number of alkyl halides is 3. The van der Waals surface area contributed by atoms with Crippen molar-refractivity contribution in [2.45, 2.75) is 22.2 Å². The summed E-state index contributed by atoms with van der Waals surface area (Å²) in [7, 11) is -2.22. The first-order valence-electron chi connectivity index (χ1n) is 12.2. The Bertz CT molecular complexity index is 1430. The monoisotopic (exact) mass is 641 g/mol. The molecule has 2 N–H and O–H groups in total. The number of nitrogens with zero attached hydrogens (tertiary/aromatic N) is 2. The van der Waals surface area contributed by atoms with Crippen molar-refractivity contribution >= 4 is 49.1 Å². The maximum absolute atomic E-state index is 14.0. The summed E-state index contributed by atoms with van der Waals surface area (Å²) < 4.78 is 67.6. The third-order valence-electron chi connectivity index (χ3n) is 6.63. The Morgan fingerprint density at radius 1 is 1.00 bits per heavy atom. The number of carbonyl (C=O) groups is 1. The van der Waals surface area contributed by atoms with E-state index in [0.29, 0.717) is 5.56 Å². The van der Waals surface area contributed by atoms with Gasteiger partial charge in [-0.1, -0.05) is 0 Å². The number of anilines is 1. The predicted molar refractivity (Wildman–Crippen MR) is 148 cm³/mol. The van der Waals surface area contributed by atoms with Gasteiger partial charge in [-0.05, 0) is 0 Å². The zero-order valence-corrected chi connectivity index (χ0v) is 24.6. The van der Waals surface area contributed by atoms with Gasteiger partial charge in [0.05, 0.1) is 0 Å². The van der Waals surface area contributed by atoms with Crippen molar-refractivity contribution in [2.75, 3.05) is 38.1 Å². The van der Waals surface area contributed by atoms with Crippen molar-refractivity contribution < 1.29 is 26.4 Å². The molecule has 4 rings (SSSR count). The molecule has 6 nitrogen and oxygen atoms in total. The summed E-state index contributed by atoms with van der Waals surface area (Å²) in [6.07, 6.45) is -4.77. The summed E-state index contributed by atoms with van der Waals surface area (Å²) >= 11 is 2.55. The molecule has 0 aromatic heterocycles. The molecule has 0 spiro atoms. The second kappa shape index (κ2) is 11.9. The van der Waals surface area contributed by atoms with E-state index < -0.39 is 43.9 Å². The van der Waals surface area contributed by atoms with Crippen LogP contribution < -0.4 is 15.0 Å². The maximum atomic E-state index is 14.0. The van der Waals surface area contributed by atoms with E-state index >= 15 is 0 Å². The molecule has 208 valence electrons. The second-order valence-corrected chi connectivity index (χ2v) is 19.9. The molecule has 1 heterocycles. The SMILES string of the molecule is CN1CCN(c2cccc(CC(C(N)=O)[As](c3cc(C(F)(F)F)ccc3Cl)S(=O)(=O)c3ccccc3)c2)CC1. The Morgan fingerprint density at radius 3 is 2.28 bits per heavy atom. The van der Waals surface area contributed by atoms with Crippen LogP contribution in [0.25, 0.3) is 0 Å². The van der Waals surface area contributed by atoms with Crippen LogP contribution in [-0.2, 0) is 25.5 Å². The van der Waals surface area contributed by atoms with Crippen molar-refractivity contribution in [1.82, 2.24) is 4.90 Å². The van der Waals surface area contributed by atoms with Gasteiger partial charge in [-0.25, -0.2) is 0 Å². The van der Waals surface area contributed by atoms with Gasteiger partial charge in [-0.15, -0.1) is 0 Å². The molecule has 1 amide bonds. The number of amides is 1. The number of piperazine rings is 1. The Kier molecular flexibility index (Phi) is 9.01. The fourth-order valence-electron chi connectivity index (χ4n) is 4.50. The molecule has 3 aromatic rings. The van der Waals surface area contributed by atoms with Crippen LogP contribution in [0.3, 0.4) is 0 Å². The molecular formula is C27H28AsClF3N3O3S. The Hall–Kier alpha value is -2.52. The van der Waals surface area contributed by atoms with Crippen LogP contribution in [0.2, 0.25) is 9.73 Å². The molecule has 1 aliphatic rings. The summed E-state index contributed by atoms with van der Waals surface area (Å²) in [5.41, 5.74) is 6.37. The van der Waals surface area contributed by atoms with Crippen LogP contribution in [0.1, 0.15) is 11.1 Å². The van der Waals surface area contributed by atoms with Gasteiger partial charge in [0.1, 0.15) is 0 Å². The molecule has 1 aliphatic heterocycles. The quantitative estimate of drug-likeness (QED) is 0.378. The molecule has 0 saturated carbocycles. The first kappa shape index (κ1) is 29.5. The van der Waals surface area contributed by atoms with E-state index in [1.807, 2.05) is 25.2 Å². The Labute approximate surface area is 234 Å².